The van der Waals surface area contributed by atoms with Gasteiger partial charge in [0.1, 0.15) is 12.4 Å². The van der Waals surface area contributed by atoms with Crippen LogP contribution in [0.1, 0.15) is 5.69 Å². The van der Waals surface area contributed by atoms with Crippen LogP contribution in [0.3, 0.4) is 0 Å². The first-order valence-corrected chi connectivity index (χ1v) is 5.39. The van der Waals surface area contributed by atoms with Gasteiger partial charge in [-0.2, -0.15) is 5.10 Å². The molecule has 3 N–H and O–H groups in total. The zero-order valence-corrected chi connectivity index (χ0v) is 9.85. The molecule has 18 heavy (non-hydrogen) atoms. The lowest BCUT2D eigenvalue weighted by molar-refractivity contribution is -0.116. The molecule has 0 aliphatic heterocycles. The topological polar surface area (TPSA) is 72.9 Å². The Morgan fingerprint density at radius 1 is 1.50 bits per heavy atom. The van der Waals surface area contributed by atoms with Gasteiger partial charge in [0.2, 0.25) is 5.91 Å². The summed E-state index contributed by atoms with van der Waals surface area (Å²) in [5.41, 5.74) is 7.05. The van der Waals surface area contributed by atoms with Crippen LogP contribution in [-0.2, 0) is 11.3 Å². The molecule has 1 amide bonds. The van der Waals surface area contributed by atoms with E-state index in [9.17, 15) is 9.18 Å². The maximum Gasteiger partial charge on any atom is 0.246 e. The van der Waals surface area contributed by atoms with Gasteiger partial charge < -0.3 is 11.1 Å². The van der Waals surface area contributed by atoms with E-state index < -0.39 is 5.82 Å². The number of carbonyl (C=O) groups excluding carboxylic acids is 1. The van der Waals surface area contributed by atoms with Gasteiger partial charge in [-0.1, -0.05) is 0 Å². The first kappa shape index (κ1) is 12.1. The summed E-state index contributed by atoms with van der Waals surface area (Å²) in [6, 6.07) is 5.62. The molecule has 0 bridgehead atoms. The van der Waals surface area contributed by atoms with Crippen LogP contribution in [0.4, 0.5) is 15.8 Å². The number of nitrogens with one attached hydrogen (secondary N) is 1. The second-order valence-electron chi connectivity index (χ2n) is 3.93. The molecule has 0 saturated carbocycles. The summed E-state index contributed by atoms with van der Waals surface area (Å²) < 4.78 is 14.5. The smallest absolute Gasteiger partial charge is 0.246 e. The number of carbonyl (C=O) groups is 1. The van der Waals surface area contributed by atoms with Crippen LogP contribution in [0.25, 0.3) is 0 Å². The summed E-state index contributed by atoms with van der Waals surface area (Å²) in [6.45, 7) is 1.89. The third-order valence-corrected chi connectivity index (χ3v) is 2.37. The van der Waals surface area contributed by atoms with E-state index >= 15 is 0 Å². The number of hydrogen-bond acceptors (Lipinski definition) is 3. The SMILES string of the molecule is Cc1ccn(CC(=O)Nc2cc(F)ccc2N)n1. The van der Waals surface area contributed by atoms with Gasteiger partial charge in [-0.15, -0.1) is 0 Å². The van der Waals surface area contributed by atoms with Gasteiger partial charge in [0.05, 0.1) is 17.1 Å². The van der Waals surface area contributed by atoms with Crippen molar-refractivity contribution in [2.75, 3.05) is 11.1 Å². The third kappa shape index (κ3) is 2.85. The van der Waals surface area contributed by atoms with Crippen molar-refractivity contribution in [2.24, 2.45) is 0 Å². The Balaban J connectivity index is 2.05. The highest BCUT2D eigenvalue weighted by Crippen LogP contribution is 2.19. The lowest BCUT2D eigenvalue weighted by Gasteiger charge is -2.08. The molecule has 0 aliphatic rings. The van der Waals surface area contributed by atoms with Crippen LogP contribution in [0, 0.1) is 12.7 Å². The number of hydrogen-bond donors (Lipinski definition) is 2. The molecular formula is C12H13FN4O. The molecule has 94 valence electrons. The van der Waals surface area contributed by atoms with Gasteiger partial charge in [0, 0.05) is 6.20 Å². The fourth-order valence-electron chi connectivity index (χ4n) is 1.52. The van der Waals surface area contributed by atoms with Crippen molar-refractivity contribution in [1.29, 1.82) is 0 Å². The standard InChI is InChI=1S/C12H13FN4O/c1-8-4-5-17(16-8)7-12(18)15-11-6-9(13)2-3-10(11)14/h2-6H,7,14H2,1H3,(H,15,18). The molecule has 0 fully saturated rings. The Hall–Kier alpha value is -2.37. The van der Waals surface area contributed by atoms with E-state index in [-0.39, 0.29) is 18.1 Å². The van der Waals surface area contributed by atoms with Gasteiger partial charge >= 0.3 is 0 Å². The number of aromatic nitrogens is 2. The summed E-state index contributed by atoms with van der Waals surface area (Å²) in [5.74, 6) is -0.759. The molecule has 0 atom stereocenters. The quantitative estimate of drug-likeness (QED) is 0.809. The zero-order chi connectivity index (χ0) is 13.1. The summed E-state index contributed by atoms with van der Waals surface area (Å²) in [6.07, 6.45) is 1.70. The minimum Gasteiger partial charge on any atom is -0.397 e. The molecule has 1 aromatic carbocycles. The van der Waals surface area contributed by atoms with Crippen molar-refractivity contribution in [3.8, 4) is 0 Å². The number of nitrogen functional groups attached to an aromatic ring is 1. The fourth-order valence-corrected chi connectivity index (χ4v) is 1.52. The Morgan fingerprint density at radius 2 is 2.28 bits per heavy atom. The largest absolute Gasteiger partial charge is 0.397 e. The van der Waals surface area contributed by atoms with E-state index in [1.165, 1.54) is 22.9 Å². The van der Waals surface area contributed by atoms with E-state index in [0.717, 1.165) is 5.69 Å². The molecule has 0 unspecified atom stereocenters. The highest BCUT2D eigenvalue weighted by molar-refractivity contribution is 5.93. The van der Waals surface area contributed by atoms with E-state index in [0.29, 0.717) is 5.69 Å². The van der Waals surface area contributed by atoms with Gasteiger partial charge in [0.25, 0.3) is 0 Å². The maximum absolute atomic E-state index is 13.0. The number of benzene rings is 1. The van der Waals surface area contributed by atoms with Crippen LogP contribution in [0.2, 0.25) is 0 Å². The monoisotopic (exact) mass is 248 g/mol. The van der Waals surface area contributed by atoms with Crippen LogP contribution in [0.15, 0.2) is 30.5 Å². The Kier molecular flexibility index (Phi) is 3.27. The van der Waals surface area contributed by atoms with Crippen LogP contribution >= 0.6 is 0 Å². The van der Waals surface area contributed by atoms with Crippen molar-refractivity contribution >= 4 is 17.3 Å². The minimum atomic E-state index is -0.450. The second kappa shape index (κ2) is 4.87. The van der Waals surface area contributed by atoms with Crippen LogP contribution < -0.4 is 11.1 Å². The molecular weight excluding hydrogens is 235 g/mol. The van der Waals surface area contributed by atoms with E-state index in [2.05, 4.69) is 10.4 Å². The molecule has 6 heteroatoms. The lowest BCUT2D eigenvalue weighted by atomic mass is 10.2. The molecule has 0 spiro atoms. The van der Waals surface area contributed by atoms with E-state index in [1.54, 1.807) is 12.3 Å². The molecule has 1 heterocycles. The highest BCUT2D eigenvalue weighted by atomic mass is 19.1. The van der Waals surface area contributed by atoms with E-state index in [4.69, 9.17) is 5.73 Å². The van der Waals surface area contributed by atoms with Crippen molar-refractivity contribution in [3.05, 3.63) is 42.0 Å². The number of amides is 1. The van der Waals surface area contributed by atoms with Gasteiger partial charge in [-0.05, 0) is 31.2 Å². The number of rotatable bonds is 3. The van der Waals surface area contributed by atoms with Crippen molar-refractivity contribution in [2.45, 2.75) is 13.5 Å². The molecule has 2 aromatic rings. The predicted molar refractivity (Wildman–Crippen MR) is 66.4 cm³/mol. The molecule has 0 radical (unpaired) electrons. The minimum absolute atomic E-state index is 0.0593. The van der Waals surface area contributed by atoms with Crippen LogP contribution in [-0.4, -0.2) is 15.7 Å². The predicted octanol–water partition coefficient (Wildman–Crippen LogP) is 1.55. The lowest BCUT2D eigenvalue weighted by Crippen LogP contribution is -2.19. The number of aryl methyl sites for hydroxylation is 1. The molecule has 5 nitrogen and oxygen atoms in total. The average molecular weight is 248 g/mol. The zero-order valence-electron chi connectivity index (χ0n) is 9.85. The Bertz CT molecular complexity index is 579. The molecule has 0 saturated heterocycles. The number of nitrogens with zero attached hydrogens (tertiary/aromatic N) is 2. The maximum atomic E-state index is 13.0. The average Bonchev–Trinajstić information content (AvgIpc) is 2.69. The first-order chi connectivity index (χ1) is 8.54. The van der Waals surface area contributed by atoms with Gasteiger partial charge in [-0.3, -0.25) is 9.48 Å². The summed E-state index contributed by atoms with van der Waals surface area (Å²) in [4.78, 5) is 11.7. The summed E-state index contributed by atoms with van der Waals surface area (Å²) in [7, 11) is 0. The number of anilines is 2. The van der Waals surface area contributed by atoms with Crippen molar-refractivity contribution < 1.29 is 9.18 Å². The fraction of sp³-hybridized carbons (Fsp3) is 0.167. The van der Waals surface area contributed by atoms with Crippen molar-refractivity contribution in [3.63, 3.8) is 0 Å². The number of nitrogens with two attached hydrogens (primary N) is 1. The Labute approximate surface area is 103 Å². The normalized spacial score (nSPS) is 10.3. The molecule has 0 aliphatic carbocycles. The summed E-state index contributed by atoms with van der Waals surface area (Å²) in [5, 5.41) is 6.63. The highest BCUT2D eigenvalue weighted by Gasteiger charge is 2.07. The van der Waals surface area contributed by atoms with Gasteiger partial charge in [0.15, 0.2) is 0 Å². The summed E-state index contributed by atoms with van der Waals surface area (Å²) >= 11 is 0. The van der Waals surface area contributed by atoms with E-state index in [1.807, 2.05) is 6.92 Å². The Morgan fingerprint density at radius 3 is 2.94 bits per heavy atom. The third-order valence-electron chi connectivity index (χ3n) is 2.37. The second-order valence-corrected chi connectivity index (χ2v) is 3.93. The van der Waals surface area contributed by atoms with Crippen molar-refractivity contribution in [1.82, 2.24) is 9.78 Å². The first-order valence-electron chi connectivity index (χ1n) is 5.39. The van der Waals surface area contributed by atoms with Crippen LogP contribution in [0.5, 0.6) is 0 Å². The number of halogens is 1. The molecule has 1 aromatic heterocycles. The molecule has 2 rings (SSSR count). The van der Waals surface area contributed by atoms with Gasteiger partial charge in [-0.25, -0.2) is 4.39 Å².